The summed E-state index contributed by atoms with van der Waals surface area (Å²) in [7, 11) is -4.56. The summed E-state index contributed by atoms with van der Waals surface area (Å²) in [5, 5.41) is 23.2. The highest BCUT2D eigenvalue weighted by Crippen LogP contribution is 2.41. The number of hydrogen-bond donors (Lipinski definition) is 3. The van der Waals surface area contributed by atoms with Gasteiger partial charge < -0.3 is 15.2 Å². The third-order valence-corrected chi connectivity index (χ3v) is 6.71. The van der Waals surface area contributed by atoms with Gasteiger partial charge in [-0.05, 0) is 55.1 Å². The van der Waals surface area contributed by atoms with Gasteiger partial charge in [-0.3, -0.25) is 9.35 Å². The van der Waals surface area contributed by atoms with Gasteiger partial charge in [0, 0.05) is 10.4 Å². The molecule has 0 unspecified atom stereocenters. The van der Waals surface area contributed by atoms with Crippen LogP contribution in [-0.4, -0.2) is 30.6 Å². The zero-order valence-corrected chi connectivity index (χ0v) is 21.3. The van der Waals surface area contributed by atoms with Gasteiger partial charge in [0.2, 0.25) is 0 Å². The largest absolute Gasteiger partial charge is 0.505 e. The van der Waals surface area contributed by atoms with Crippen molar-refractivity contribution in [3.05, 3.63) is 82.9 Å². The second kappa shape index (κ2) is 10.6. The first-order chi connectivity index (χ1) is 17.6. The van der Waals surface area contributed by atoms with Crippen LogP contribution in [0.2, 0.25) is 5.02 Å². The van der Waals surface area contributed by atoms with Crippen molar-refractivity contribution < 1.29 is 27.6 Å². The molecule has 1 amide bonds. The van der Waals surface area contributed by atoms with Gasteiger partial charge >= 0.3 is 0 Å². The Morgan fingerprint density at radius 3 is 2.49 bits per heavy atom. The van der Waals surface area contributed by atoms with E-state index < -0.39 is 26.7 Å². The number of anilines is 1. The van der Waals surface area contributed by atoms with Crippen molar-refractivity contribution >= 4 is 55.5 Å². The predicted molar refractivity (Wildman–Crippen MR) is 141 cm³/mol. The molecule has 0 heterocycles. The summed E-state index contributed by atoms with van der Waals surface area (Å²) in [5.74, 6) is -0.549. The number of benzene rings is 4. The molecule has 37 heavy (non-hydrogen) atoms. The first-order valence-electron chi connectivity index (χ1n) is 11.1. The third kappa shape index (κ3) is 5.56. The van der Waals surface area contributed by atoms with E-state index >= 15 is 0 Å². The molecule has 0 spiro atoms. The number of phenols is 1. The first kappa shape index (κ1) is 26.1. The number of azo groups is 1. The zero-order chi connectivity index (χ0) is 26.7. The Morgan fingerprint density at radius 1 is 1.05 bits per heavy atom. The topological polar surface area (TPSA) is 138 Å². The van der Waals surface area contributed by atoms with E-state index in [1.165, 1.54) is 19.1 Å². The van der Waals surface area contributed by atoms with Gasteiger partial charge in [0.1, 0.15) is 16.3 Å². The van der Waals surface area contributed by atoms with E-state index in [-0.39, 0.29) is 27.5 Å². The molecule has 9 nitrogen and oxygen atoms in total. The van der Waals surface area contributed by atoms with Gasteiger partial charge in [0.05, 0.1) is 23.5 Å². The van der Waals surface area contributed by atoms with Crippen molar-refractivity contribution in [2.24, 2.45) is 10.2 Å². The standard InChI is InChI=1S/C26H22ClN3O6S/c1-3-36-22-11-7-6-10-20(22)28-26(32)19-12-16-8-4-5-9-18(16)24(25(19)31)30-29-21-13-17(27)14-23(15(21)2)37(33,34)35/h4-14,31H,3H2,1-2H3,(H,28,32)(H,33,34,35). The summed E-state index contributed by atoms with van der Waals surface area (Å²) < 4.78 is 38.5. The van der Waals surface area contributed by atoms with Crippen LogP contribution in [0.4, 0.5) is 17.1 Å². The highest BCUT2D eigenvalue weighted by molar-refractivity contribution is 7.85. The monoisotopic (exact) mass is 539 g/mol. The lowest BCUT2D eigenvalue weighted by Gasteiger charge is -2.13. The summed E-state index contributed by atoms with van der Waals surface area (Å²) in [5.41, 5.74) is 0.539. The minimum Gasteiger partial charge on any atom is -0.505 e. The fourth-order valence-electron chi connectivity index (χ4n) is 3.75. The summed E-state index contributed by atoms with van der Waals surface area (Å²) >= 11 is 6.03. The number of rotatable bonds is 7. The molecule has 0 atom stereocenters. The molecule has 0 aliphatic heterocycles. The van der Waals surface area contributed by atoms with Crippen LogP contribution in [-0.2, 0) is 10.1 Å². The Labute approximate surface area is 218 Å². The van der Waals surface area contributed by atoms with Gasteiger partial charge in [0.25, 0.3) is 16.0 Å². The Morgan fingerprint density at radius 2 is 1.76 bits per heavy atom. The minimum absolute atomic E-state index is 0.00544. The third-order valence-electron chi connectivity index (χ3n) is 5.51. The Bertz CT molecular complexity index is 1650. The van der Waals surface area contributed by atoms with E-state index in [9.17, 15) is 22.9 Å². The highest BCUT2D eigenvalue weighted by atomic mass is 35.5. The number of amides is 1. The minimum atomic E-state index is -4.56. The fourth-order valence-corrected chi connectivity index (χ4v) is 4.79. The number of phenolic OH excluding ortho intramolecular Hbond substituents is 1. The molecule has 4 rings (SSSR count). The van der Waals surface area contributed by atoms with Crippen LogP contribution < -0.4 is 10.1 Å². The quantitative estimate of drug-likeness (QED) is 0.174. The van der Waals surface area contributed by atoms with Crippen molar-refractivity contribution in [3.63, 3.8) is 0 Å². The van der Waals surface area contributed by atoms with Crippen LogP contribution in [0.3, 0.4) is 0 Å². The van der Waals surface area contributed by atoms with Crippen molar-refractivity contribution in [1.82, 2.24) is 0 Å². The molecule has 4 aromatic rings. The normalized spacial score (nSPS) is 11.7. The van der Waals surface area contributed by atoms with Crippen molar-refractivity contribution in [1.29, 1.82) is 0 Å². The number of nitrogens with zero attached hydrogens (tertiary/aromatic N) is 2. The molecule has 0 aliphatic carbocycles. The smallest absolute Gasteiger partial charge is 0.294 e. The van der Waals surface area contributed by atoms with E-state index in [1.54, 1.807) is 48.5 Å². The van der Waals surface area contributed by atoms with Crippen molar-refractivity contribution in [2.45, 2.75) is 18.7 Å². The second-order valence-corrected chi connectivity index (χ2v) is 9.78. The van der Waals surface area contributed by atoms with E-state index in [4.69, 9.17) is 16.3 Å². The first-order valence-corrected chi connectivity index (χ1v) is 12.9. The molecule has 0 aromatic heterocycles. The number of hydrogen-bond acceptors (Lipinski definition) is 7. The molecule has 0 fully saturated rings. The van der Waals surface area contributed by atoms with E-state index in [2.05, 4.69) is 15.5 Å². The molecule has 3 N–H and O–H groups in total. The van der Waals surface area contributed by atoms with E-state index in [1.807, 2.05) is 6.92 Å². The lowest BCUT2D eigenvalue weighted by molar-refractivity contribution is 0.102. The molecule has 0 aliphatic rings. The molecular formula is C26H22ClN3O6S. The lowest BCUT2D eigenvalue weighted by atomic mass is 10.0. The fraction of sp³-hybridized carbons (Fsp3) is 0.115. The number of ether oxygens (including phenoxy) is 1. The number of carbonyl (C=O) groups is 1. The molecule has 190 valence electrons. The summed E-state index contributed by atoms with van der Waals surface area (Å²) in [6.07, 6.45) is 0. The van der Waals surface area contributed by atoms with Crippen LogP contribution in [0.1, 0.15) is 22.8 Å². The Kier molecular flexibility index (Phi) is 7.44. The van der Waals surface area contributed by atoms with Crippen LogP contribution in [0, 0.1) is 6.92 Å². The van der Waals surface area contributed by atoms with E-state index in [0.29, 0.717) is 28.8 Å². The molecule has 0 bridgehead atoms. The zero-order valence-electron chi connectivity index (χ0n) is 19.8. The van der Waals surface area contributed by atoms with Gasteiger partial charge in [-0.15, -0.1) is 5.11 Å². The van der Waals surface area contributed by atoms with Crippen LogP contribution in [0.25, 0.3) is 10.8 Å². The summed E-state index contributed by atoms with van der Waals surface area (Å²) in [4.78, 5) is 12.8. The summed E-state index contributed by atoms with van der Waals surface area (Å²) in [6.45, 7) is 3.66. The molecule has 0 saturated carbocycles. The number of nitrogens with one attached hydrogen (secondary N) is 1. The van der Waals surface area contributed by atoms with Gasteiger partial charge in [-0.25, -0.2) is 0 Å². The highest BCUT2D eigenvalue weighted by Gasteiger charge is 2.21. The van der Waals surface area contributed by atoms with Crippen molar-refractivity contribution in [2.75, 3.05) is 11.9 Å². The number of carbonyl (C=O) groups excluding carboxylic acids is 1. The van der Waals surface area contributed by atoms with Gasteiger partial charge in [-0.1, -0.05) is 48.0 Å². The summed E-state index contributed by atoms with van der Waals surface area (Å²) in [6, 6.07) is 17.9. The maximum absolute atomic E-state index is 13.2. The number of para-hydroxylation sites is 2. The second-order valence-electron chi connectivity index (χ2n) is 7.95. The van der Waals surface area contributed by atoms with Crippen LogP contribution in [0.15, 0.2) is 81.9 Å². The predicted octanol–water partition coefficient (Wildman–Crippen LogP) is 6.82. The van der Waals surface area contributed by atoms with Crippen molar-refractivity contribution in [3.8, 4) is 11.5 Å². The Balaban J connectivity index is 1.81. The molecule has 11 heteroatoms. The average Bonchev–Trinajstić information content (AvgIpc) is 2.85. The molecule has 0 saturated heterocycles. The number of aromatic hydroxyl groups is 1. The Hall–Kier alpha value is -3.99. The molecule has 0 radical (unpaired) electrons. The van der Waals surface area contributed by atoms with Crippen LogP contribution in [0.5, 0.6) is 11.5 Å². The van der Waals surface area contributed by atoms with Gasteiger partial charge in [0.15, 0.2) is 5.75 Å². The maximum Gasteiger partial charge on any atom is 0.294 e. The lowest BCUT2D eigenvalue weighted by Crippen LogP contribution is -2.13. The van der Waals surface area contributed by atoms with E-state index in [0.717, 1.165) is 6.07 Å². The molecular weight excluding hydrogens is 518 g/mol. The van der Waals surface area contributed by atoms with Gasteiger partial charge in [-0.2, -0.15) is 13.5 Å². The average molecular weight is 540 g/mol. The number of halogens is 1. The number of fused-ring (bicyclic) bond motifs is 1. The van der Waals surface area contributed by atoms with Crippen LogP contribution >= 0.6 is 11.6 Å². The molecule has 4 aromatic carbocycles. The maximum atomic E-state index is 13.2. The SMILES string of the molecule is CCOc1ccccc1NC(=O)c1cc2ccccc2c(N=Nc2cc(Cl)cc(S(=O)(=O)O)c2C)c1O.